The van der Waals surface area contributed by atoms with Gasteiger partial charge in [0.1, 0.15) is 0 Å². The van der Waals surface area contributed by atoms with Gasteiger partial charge in [0.15, 0.2) is 0 Å². The van der Waals surface area contributed by atoms with E-state index >= 15 is 0 Å². The Labute approximate surface area is 160 Å². The van der Waals surface area contributed by atoms with Gasteiger partial charge in [-0.05, 0) is 55.4 Å². The Bertz CT molecular complexity index is 689. The molecule has 3 aliphatic rings. The van der Waals surface area contributed by atoms with Gasteiger partial charge in [-0.15, -0.1) is 0 Å². The Morgan fingerprint density at radius 2 is 1.93 bits per heavy atom. The van der Waals surface area contributed by atoms with Crippen molar-refractivity contribution in [2.45, 2.75) is 50.5 Å². The Balaban J connectivity index is 1.43. The van der Waals surface area contributed by atoms with Gasteiger partial charge >= 0.3 is 0 Å². The Morgan fingerprint density at radius 1 is 1.15 bits per heavy atom. The summed E-state index contributed by atoms with van der Waals surface area (Å²) in [4.78, 5) is 27.3. The smallest absolute Gasteiger partial charge is 0.248 e. The third kappa shape index (κ3) is 3.87. The minimum atomic E-state index is -0.531. The molecule has 1 spiro atoms. The molecule has 4 rings (SSSR count). The topological polar surface area (TPSA) is 81.7 Å². The van der Waals surface area contributed by atoms with Crippen LogP contribution in [0, 0.1) is 11.3 Å². The lowest BCUT2D eigenvalue weighted by atomic mass is 9.81. The molecule has 1 unspecified atom stereocenters. The van der Waals surface area contributed by atoms with Crippen molar-refractivity contribution in [3.8, 4) is 0 Å². The van der Waals surface area contributed by atoms with Crippen molar-refractivity contribution in [1.29, 1.82) is 0 Å². The number of amides is 2. The SMILES string of the molecule is O=C(NO)[C@H]1CC2(CC2)CN[C@@H]1C(=O)N1CCCC(c2ccccc2)CC1. The van der Waals surface area contributed by atoms with Gasteiger partial charge in [-0.2, -0.15) is 0 Å². The maximum Gasteiger partial charge on any atom is 0.248 e. The van der Waals surface area contributed by atoms with Crippen molar-refractivity contribution in [1.82, 2.24) is 15.7 Å². The third-order valence-electron chi connectivity index (χ3n) is 6.73. The molecule has 2 heterocycles. The molecule has 27 heavy (non-hydrogen) atoms. The molecule has 3 fully saturated rings. The molecule has 2 amide bonds. The number of hydrogen-bond acceptors (Lipinski definition) is 4. The molecule has 1 aromatic rings. The second-order valence-electron chi connectivity index (χ2n) is 8.51. The van der Waals surface area contributed by atoms with E-state index in [9.17, 15) is 9.59 Å². The van der Waals surface area contributed by atoms with Gasteiger partial charge in [-0.25, -0.2) is 5.48 Å². The van der Waals surface area contributed by atoms with Crippen molar-refractivity contribution in [3.63, 3.8) is 0 Å². The van der Waals surface area contributed by atoms with Crippen LogP contribution in [0.1, 0.15) is 50.0 Å². The van der Waals surface area contributed by atoms with Gasteiger partial charge in [0, 0.05) is 19.6 Å². The quantitative estimate of drug-likeness (QED) is 0.561. The first-order chi connectivity index (χ1) is 13.1. The van der Waals surface area contributed by atoms with Crippen LogP contribution in [0.4, 0.5) is 0 Å². The summed E-state index contributed by atoms with van der Waals surface area (Å²) in [5, 5.41) is 12.5. The number of piperidine rings is 1. The van der Waals surface area contributed by atoms with Crippen LogP contribution < -0.4 is 10.8 Å². The number of nitrogens with zero attached hydrogens (tertiary/aromatic N) is 1. The molecule has 0 bridgehead atoms. The van der Waals surface area contributed by atoms with E-state index < -0.39 is 17.9 Å². The summed E-state index contributed by atoms with van der Waals surface area (Å²) in [5.74, 6) is -0.446. The average Bonchev–Trinajstić information content (AvgIpc) is 3.50. The minimum Gasteiger partial charge on any atom is -0.341 e. The zero-order chi connectivity index (χ0) is 18.9. The van der Waals surface area contributed by atoms with Gasteiger partial charge in [0.25, 0.3) is 0 Å². The fourth-order valence-corrected chi connectivity index (χ4v) is 4.84. The molecular weight excluding hydrogens is 342 g/mol. The van der Waals surface area contributed by atoms with Crippen LogP contribution >= 0.6 is 0 Å². The highest BCUT2D eigenvalue weighted by Gasteiger charge is 2.52. The molecule has 0 radical (unpaired) electrons. The molecule has 6 heteroatoms. The van der Waals surface area contributed by atoms with Gasteiger partial charge < -0.3 is 10.2 Å². The number of hydrogen-bond donors (Lipinski definition) is 3. The van der Waals surface area contributed by atoms with Crippen molar-refractivity contribution in [3.05, 3.63) is 35.9 Å². The maximum atomic E-state index is 13.2. The summed E-state index contributed by atoms with van der Waals surface area (Å²) in [6, 6.07) is 9.98. The zero-order valence-corrected chi connectivity index (χ0v) is 15.7. The highest BCUT2D eigenvalue weighted by atomic mass is 16.5. The lowest BCUT2D eigenvalue weighted by Crippen LogP contribution is -2.59. The summed E-state index contributed by atoms with van der Waals surface area (Å²) in [6.07, 6.45) is 5.87. The number of nitrogens with one attached hydrogen (secondary N) is 2. The highest BCUT2D eigenvalue weighted by Crippen LogP contribution is 2.52. The van der Waals surface area contributed by atoms with Crippen LogP contribution in [0.3, 0.4) is 0 Å². The molecule has 1 saturated carbocycles. The van der Waals surface area contributed by atoms with E-state index in [4.69, 9.17) is 5.21 Å². The van der Waals surface area contributed by atoms with Crippen LogP contribution in [0.5, 0.6) is 0 Å². The minimum absolute atomic E-state index is 0.00723. The molecule has 1 aromatic carbocycles. The van der Waals surface area contributed by atoms with Crippen LogP contribution in [-0.2, 0) is 9.59 Å². The number of carbonyl (C=O) groups excluding carboxylic acids is 2. The van der Waals surface area contributed by atoms with Crippen molar-refractivity contribution in [2.75, 3.05) is 19.6 Å². The summed E-state index contributed by atoms with van der Waals surface area (Å²) in [6.45, 7) is 2.24. The summed E-state index contributed by atoms with van der Waals surface area (Å²) in [5.41, 5.74) is 3.28. The monoisotopic (exact) mass is 371 g/mol. The molecule has 3 N–H and O–H groups in total. The van der Waals surface area contributed by atoms with Gasteiger partial charge in [-0.1, -0.05) is 30.3 Å². The van der Waals surface area contributed by atoms with Gasteiger partial charge in [0.05, 0.1) is 12.0 Å². The molecule has 146 valence electrons. The van der Waals surface area contributed by atoms with E-state index in [-0.39, 0.29) is 11.3 Å². The normalized spacial score (nSPS) is 29.8. The fourth-order valence-electron chi connectivity index (χ4n) is 4.84. The first-order valence-corrected chi connectivity index (χ1v) is 10.1. The van der Waals surface area contributed by atoms with E-state index in [0.29, 0.717) is 12.3 Å². The molecular formula is C21H29N3O3. The summed E-state index contributed by atoms with van der Waals surface area (Å²) in [7, 11) is 0. The van der Waals surface area contributed by atoms with Crippen molar-refractivity contribution in [2.24, 2.45) is 11.3 Å². The van der Waals surface area contributed by atoms with Crippen molar-refractivity contribution < 1.29 is 14.8 Å². The Morgan fingerprint density at radius 3 is 2.63 bits per heavy atom. The standard InChI is InChI=1S/C21H29N3O3/c25-19(23-27)17-13-21(9-10-21)14-22-18(17)20(26)24-11-4-7-16(8-12-24)15-5-2-1-3-6-15/h1-3,5-6,16-18,22,27H,4,7-14H2,(H,23,25)/t16?,17-,18-/m0/s1. The second-order valence-corrected chi connectivity index (χ2v) is 8.51. The molecule has 2 saturated heterocycles. The van der Waals surface area contributed by atoms with E-state index in [1.54, 1.807) is 5.48 Å². The predicted molar refractivity (Wildman–Crippen MR) is 101 cm³/mol. The Hall–Kier alpha value is -1.92. The highest BCUT2D eigenvalue weighted by molar-refractivity contribution is 5.90. The maximum absolute atomic E-state index is 13.2. The molecule has 2 aliphatic heterocycles. The summed E-state index contributed by atoms with van der Waals surface area (Å²) >= 11 is 0. The van der Waals surface area contributed by atoms with Crippen LogP contribution in [0.15, 0.2) is 30.3 Å². The lowest BCUT2D eigenvalue weighted by molar-refractivity contribution is -0.144. The number of rotatable bonds is 3. The van der Waals surface area contributed by atoms with Crippen LogP contribution in [-0.4, -0.2) is 47.6 Å². The average molecular weight is 371 g/mol. The van der Waals surface area contributed by atoms with Crippen molar-refractivity contribution >= 4 is 11.8 Å². The van der Waals surface area contributed by atoms with Gasteiger partial charge in [0.2, 0.25) is 11.8 Å². The largest absolute Gasteiger partial charge is 0.341 e. The van der Waals surface area contributed by atoms with E-state index in [1.165, 1.54) is 5.56 Å². The third-order valence-corrected chi connectivity index (χ3v) is 6.73. The summed E-state index contributed by atoms with van der Waals surface area (Å²) < 4.78 is 0. The zero-order valence-electron chi connectivity index (χ0n) is 15.7. The number of carbonyl (C=O) groups is 2. The predicted octanol–water partition coefficient (Wildman–Crippen LogP) is 2.05. The van der Waals surface area contributed by atoms with Gasteiger partial charge in [-0.3, -0.25) is 14.8 Å². The molecule has 0 aromatic heterocycles. The molecule has 6 nitrogen and oxygen atoms in total. The molecule has 1 aliphatic carbocycles. The van der Waals surface area contributed by atoms with E-state index in [1.807, 2.05) is 11.0 Å². The van der Waals surface area contributed by atoms with E-state index in [0.717, 1.165) is 51.7 Å². The molecule has 3 atom stereocenters. The number of hydroxylamine groups is 1. The second kappa shape index (κ2) is 7.60. The van der Waals surface area contributed by atoms with E-state index in [2.05, 4.69) is 29.6 Å². The first kappa shape index (κ1) is 18.4. The number of benzene rings is 1. The number of likely N-dealkylation sites (tertiary alicyclic amines) is 1. The first-order valence-electron chi connectivity index (χ1n) is 10.1. The van der Waals surface area contributed by atoms with Crippen LogP contribution in [0.25, 0.3) is 0 Å². The fraction of sp³-hybridized carbons (Fsp3) is 0.619. The van der Waals surface area contributed by atoms with Crippen LogP contribution in [0.2, 0.25) is 0 Å². The Kier molecular flexibility index (Phi) is 5.19. The lowest BCUT2D eigenvalue weighted by Gasteiger charge is -2.37.